The van der Waals surface area contributed by atoms with Crippen LogP contribution < -0.4 is 10.5 Å². The Kier molecular flexibility index (Phi) is 5.62. The van der Waals surface area contributed by atoms with Crippen molar-refractivity contribution in [3.05, 3.63) is 98.5 Å². The van der Waals surface area contributed by atoms with Crippen molar-refractivity contribution in [1.29, 1.82) is 0 Å². The number of benzene rings is 3. The number of anilines is 1. The first kappa shape index (κ1) is 20.2. The minimum Gasteiger partial charge on any atom is -0.378 e. The number of rotatable bonds is 4. The molecule has 0 saturated carbocycles. The van der Waals surface area contributed by atoms with Gasteiger partial charge in [-0.2, -0.15) is 0 Å². The normalized spacial score (nSPS) is 11.3. The lowest BCUT2D eigenvalue weighted by Gasteiger charge is -2.14. The molecule has 1 aromatic heterocycles. The van der Waals surface area contributed by atoms with Crippen molar-refractivity contribution in [3.63, 3.8) is 0 Å². The number of halogens is 2. The van der Waals surface area contributed by atoms with E-state index in [0.29, 0.717) is 32.5 Å². The second kappa shape index (κ2) is 8.34. The zero-order valence-corrected chi connectivity index (χ0v) is 18.0. The van der Waals surface area contributed by atoms with E-state index in [2.05, 4.69) is 0 Å². The Balaban J connectivity index is 1.91. The summed E-state index contributed by atoms with van der Waals surface area (Å²) in [5.74, 6) is 0.449. The fraction of sp³-hybridized carbons (Fsp3) is 0.0833. The molecule has 0 aliphatic heterocycles. The number of fused-ring (bicyclic) bond motifs is 1. The van der Waals surface area contributed by atoms with Gasteiger partial charge in [-0.1, -0.05) is 59.6 Å². The summed E-state index contributed by atoms with van der Waals surface area (Å²) in [6.45, 7) is 0. The van der Waals surface area contributed by atoms with E-state index in [0.717, 1.165) is 11.3 Å². The molecule has 150 valence electrons. The molecule has 0 aliphatic carbocycles. The van der Waals surface area contributed by atoms with Crippen LogP contribution in [0.2, 0.25) is 10.0 Å². The molecule has 4 nitrogen and oxygen atoms in total. The van der Waals surface area contributed by atoms with Gasteiger partial charge in [0.25, 0.3) is 5.56 Å². The van der Waals surface area contributed by atoms with Crippen molar-refractivity contribution < 1.29 is 0 Å². The number of aromatic nitrogens is 2. The van der Waals surface area contributed by atoms with Gasteiger partial charge >= 0.3 is 0 Å². The molecule has 6 heteroatoms. The Morgan fingerprint density at radius 1 is 0.867 bits per heavy atom. The summed E-state index contributed by atoms with van der Waals surface area (Å²) in [6.07, 6.45) is 3.72. The van der Waals surface area contributed by atoms with E-state index in [4.69, 9.17) is 28.2 Å². The fourth-order valence-electron chi connectivity index (χ4n) is 3.23. The molecule has 3 aromatic carbocycles. The first-order chi connectivity index (χ1) is 14.5. The highest BCUT2D eigenvalue weighted by Crippen LogP contribution is 2.29. The fourth-order valence-corrected chi connectivity index (χ4v) is 3.80. The quantitative estimate of drug-likeness (QED) is 0.398. The van der Waals surface area contributed by atoms with Gasteiger partial charge in [0.05, 0.1) is 26.6 Å². The summed E-state index contributed by atoms with van der Waals surface area (Å²) in [6, 6.07) is 20.5. The van der Waals surface area contributed by atoms with Crippen LogP contribution in [-0.2, 0) is 0 Å². The molecule has 0 N–H and O–H groups in total. The zero-order chi connectivity index (χ0) is 21.3. The molecule has 0 fully saturated rings. The molecular formula is C24H19Cl2N3O. The highest BCUT2D eigenvalue weighted by molar-refractivity contribution is 6.37. The van der Waals surface area contributed by atoms with Gasteiger partial charge in [-0.3, -0.25) is 9.36 Å². The van der Waals surface area contributed by atoms with Gasteiger partial charge < -0.3 is 4.90 Å². The smallest absolute Gasteiger partial charge is 0.266 e. The van der Waals surface area contributed by atoms with Crippen molar-refractivity contribution in [2.45, 2.75) is 0 Å². The third-order valence-corrected chi connectivity index (χ3v) is 5.41. The largest absolute Gasteiger partial charge is 0.378 e. The highest BCUT2D eigenvalue weighted by atomic mass is 35.5. The third-order valence-electron chi connectivity index (χ3n) is 4.80. The summed E-state index contributed by atoms with van der Waals surface area (Å²) >= 11 is 12.8. The van der Waals surface area contributed by atoms with Crippen molar-refractivity contribution in [2.24, 2.45) is 0 Å². The van der Waals surface area contributed by atoms with E-state index >= 15 is 0 Å². The number of nitrogens with zero attached hydrogens (tertiary/aromatic N) is 3. The molecule has 0 radical (unpaired) electrons. The van der Waals surface area contributed by atoms with Crippen molar-refractivity contribution in [2.75, 3.05) is 19.0 Å². The van der Waals surface area contributed by atoms with E-state index in [9.17, 15) is 4.79 Å². The number of hydrogen-bond donors (Lipinski definition) is 0. The predicted octanol–water partition coefficient (Wildman–Crippen LogP) is 5.93. The second-order valence-corrected chi connectivity index (χ2v) is 7.83. The molecule has 4 aromatic rings. The summed E-state index contributed by atoms with van der Waals surface area (Å²) in [5.41, 5.74) is 2.91. The minimum absolute atomic E-state index is 0.224. The van der Waals surface area contributed by atoms with Gasteiger partial charge in [-0.15, -0.1) is 0 Å². The molecule has 0 amide bonds. The van der Waals surface area contributed by atoms with Gasteiger partial charge in [-0.25, -0.2) is 4.98 Å². The Hall–Kier alpha value is -3.08. The molecule has 0 bridgehead atoms. The Bertz CT molecular complexity index is 1290. The maximum atomic E-state index is 13.4. The Morgan fingerprint density at radius 3 is 2.20 bits per heavy atom. The zero-order valence-electron chi connectivity index (χ0n) is 16.5. The van der Waals surface area contributed by atoms with Crippen molar-refractivity contribution in [3.8, 4) is 5.69 Å². The summed E-state index contributed by atoms with van der Waals surface area (Å²) < 4.78 is 1.47. The SMILES string of the molecule is CN(C)c1ccc(C=Cc2nc3ccccc3c(=O)n2-c2c(Cl)cccc2Cl)cc1. The van der Waals surface area contributed by atoms with Gasteiger partial charge in [0.15, 0.2) is 0 Å². The summed E-state index contributed by atoms with van der Waals surface area (Å²) in [4.78, 5) is 20.1. The molecule has 0 spiro atoms. The number of hydrogen-bond acceptors (Lipinski definition) is 3. The Labute approximate surface area is 184 Å². The van der Waals surface area contributed by atoms with E-state index in [1.165, 1.54) is 4.57 Å². The molecular weight excluding hydrogens is 417 g/mol. The first-order valence-corrected chi connectivity index (χ1v) is 10.1. The lowest BCUT2D eigenvalue weighted by molar-refractivity contribution is 0.944. The molecule has 0 unspecified atom stereocenters. The van der Waals surface area contributed by atoms with Gasteiger partial charge in [0.1, 0.15) is 5.82 Å². The summed E-state index contributed by atoms with van der Waals surface area (Å²) in [7, 11) is 3.99. The van der Waals surface area contributed by atoms with Crippen LogP contribution in [0.4, 0.5) is 5.69 Å². The lowest BCUT2D eigenvalue weighted by atomic mass is 10.1. The average molecular weight is 436 g/mol. The molecule has 0 atom stereocenters. The van der Waals surface area contributed by atoms with Crippen LogP contribution in [-0.4, -0.2) is 23.6 Å². The lowest BCUT2D eigenvalue weighted by Crippen LogP contribution is -2.23. The average Bonchev–Trinajstić information content (AvgIpc) is 2.74. The van der Waals surface area contributed by atoms with Crippen molar-refractivity contribution in [1.82, 2.24) is 9.55 Å². The second-order valence-electron chi connectivity index (χ2n) is 7.02. The van der Waals surface area contributed by atoms with Crippen LogP contribution in [0.25, 0.3) is 28.7 Å². The summed E-state index contributed by atoms with van der Waals surface area (Å²) in [5, 5.41) is 1.26. The molecule has 1 heterocycles. The topological polar surface area (TPSA) is 38.1 Å². The molecule has 30 heavy (non-hydrogen) atoms. The van der Waals surface area contributed by atoms with E-state index in [1.807, 2.05) is 67.5 Å². The van der Waals surface area contributed by atoms with Gasteiger partial charge in [-0.05, 0) is 48.0 Å². The van der Waals surface area contributed by atoms with E-state index < -0.39 is 0 Å². The van der Waals surface area contributed by atoms with E-state index in [-0.39, 0.29) is 5.56 Å². The predicted molar refractivity (Wildman–Crippen MR) is 127 cm³/mol. The molecule has 0 saturated heterocycles. The number of para-hydroxylation sites is 2. The van der Waals surface area contributed by atoms with E-state index in [1.54, 1.807) is 30.3 Å². The minimum atomic E-state index is -0.224. The van der Waals surface area contributed by atoms with Gasteiger partial charge in [0, 0.05) is 19.8 Å². The van der Waals surface area contributed by atoms with Crippen molar-refractivity contribution >= 4 is 51.9 Å². The first-order valence-electron chi connectivity index (χ1n) is 9.37. The third kappa shape index (κ3) is 3.84. The van der Waals surface area contributed by atoms with Crippen LogP contribution in [0.3, 0.4) is 0 Å². The van der Waals surface area contributed by atoms with Crippen LogP contribution in [0, 0.1) is 0 Å². The maximum absolute atomic E-state index is 13.4. The van der Waals surface area contributed by atoms with Crippen LogP contribution in [0.1, 0.15) is 11.4 Å². The van der Waals surface area contributed by atoms with Gasteiger partial charge in [0.2, 0.25) is 0 Å². The molecule has 0 aliphatic rings. The Morgan fingerprint density at radius 2 is 1.53 bits per heavy atom. The highest BCUT2D eigenvalue weighted by Gasteiger charge is 2.16. The monoisotopic (exact) mass is 435 g/mol. The van der Waals surface area contributed by atoms with Crippen LogP contribution >= 0.6 is 23.2 Å². The maximum Gasteiger partial charge on any atom is 0.266 e. The molecule has 4 rings (SSSR count). The van der Waals surface area contributed by atoms with Crippen LogP contribution in [0.15, 0.2) is 71.5 Å². The van der Waals surface area contributed by atoms with Crippen LogP contribution in [0.5, 0.6) is 0 Å². The standard InChI is InChI=1S/C24H19Cl2N3O/c1-28(2)17-13-10-16(11-14-17)12-15-22-27-21-9-4-3-6-18(21)24(30)29(22)23-19(25)7-5-8-20(23)26/h3-15H,1-2H3.